The molecule has 0 spiro atoms. The summed E-state index contributed by atoms with van der Waals surface area (Å²) in [5.74, 6) is 0.917. The van der Waals surface area contributed by atoms with Gasteiger partial charge in [0.1, 0.15) is 11.5 Å². The fourth-order valence-electron chi connectivity index (χ4n) is 2.43. The molecule has 0 bridgehead atoms. The molecule has 5 nitrogen and oxygen atoms in total. The van der Waals surface area contributed by atoms with Crippen LogP contribution >= 0.6 is 0 Å². The molecule has 1 aliphatic heterocycles. The van der Waals surface area contributed by atoms with Crippen LogP contribution in [0.3, 0.4) is 0 Å². The molecule has 1 aliphatic rings. The van der Waals surface area contributed by atoms with Crippen molar-refractivity contribution in [3.63, 3.8) is 0 Å². The molecular formula is C14H20N2O3. The van der Waals surface area contributed by atoms with E-state index in [1.165, 1.54) is 6.92 Å². The molecule has 1 amide bonds. The topological polar surface area (TPSA) is 61.8 Å². The summed E-state index contributed by atoms with van der Waals surface area (Å²) in [5.41, 5.74) is 0.879. The Labute approximate surface area is 113 Å². The second-order valence-electron chi connectivity index (χ2n) is 4.92. The number of amides is 1. The van der Waals surface area contributed by atoms with Crippen LogP contribution in [0.4, 0.5) is 0 Å². The van der Waals surface area contributed by atoms with Crippen LogP contribution in [0.2, 0.25) is 0 Å². The van der Waals surface area contributed by atoms with E-state index in [4.69, 9.17) is 4.74 Å². The van der Waals surface area contributed by atoms with E-state index >= 15 is 0 Å². The molecular weight excluding hydrogens is 244 g/mol. The molecule has 1 aromatic carbocycles. The number of phenols is 1. The van der Waals surface area contributed by atoms with Gasteiger partial charge in [0.25, 0.3) is 0 Å². The second-order valence-corrected chi connectivity index (χ2v) is 4.92. The number of carbonyl (C=O) groups is 1. The number of ether oxygens (including phenoxy) is 1. The third kappa shape index (κ3) is 3.61. The van der Waals surface area contributed by atoms with Crippen LogP contribution < -0.4 is 10.1 Å². The van der Waals surface area contributed by atoms with Crippen LogP contribution in [0.1, 0.15) is 18.9 Å². The average Bonchev–Trinajstić information content (AvgIpc) is 2.78. The third-order valence-corrected chi connectivity index (χ3v) is 3.37. The molecule has 1 heterocycles. The van der Waals surface area contributed by atoms with Crippen LogP contribution in [0.15, 0.2) is 18.2 Å². The fourth-order valence-corrected chi connectivity index (χ4v) is 2.43. The van der Waals surface area contributed by atoms with Gasteiger partial charge in [0, 0.05) is 44.2 Å². The Hall–Kier alpha value is -1.75. The van der Waals surface area contributed by atoms with E-state index in [1.54, 1.807) is 13.2 Å². The molecule has 0 aromatic heterocycles. The van der Waals surface area contributed by atoms with Crippen molar-refractivity contribution in [3.05, 3.63) is 23.8 Å². The first kappa shape index (κ1) is 13.7. The summed E-state index contributed by atoms with van der Waals surface area (Å²) in [5, 5.41) is 12.8. The minimum atomic E-state index is 0.0131. The lowest BCUT2D eigenvalue weighted by Gasteiger charge is -2.17. The van der Waals surface area contributed by atoms with Gasteiger partial charge in [-0.3, -0.25) is 9.69 Å². The van der Waals surface area contributed by atoms with Crippen LogP contribution in [0.5, 0.6) is 11.5 Å². The Morgan fingerprint density at radius 2 is 2.37 bits per heavy atom. The zero-order chi connectivity index (χ0) is 13.8. The lowest BCUT2D eigenvalue weighted by molar-refractivity contribution is -0.119. The molecule has 0 saturated carbocycles. The summed E-state index contributed by atoms with van der Waals surface area (Å²) in [6.07, 6.45) is 0.955. The SMILES string of the molecule is COc1ccc(CN2CCC(NC(C)=O)C2)c(O)c1. The zero-order valence-corrected chi connectivity index (χ0v) is 11.3. The van der Waals surface area contributed by atoms with Crippen molar-refractivity contribution in [2.24, 2.45) is 0 Å². The summed E-state index contributed by atoms with van der Waals surface area (Å²) in [6.45, 7) is 3.98. The number of likely N-dealkylation sites (tertiary alicyclic amines) is 1. The number of benzene rings is 1. The molecule has 5 heteroatoms. The van der Waals surface area contributed by atoms with Crippen molar-refractivity contribution < 1.29 is 14.6 Å². The average molecular weight is 264 g/mol. The van der Waals surface area contributed by atoms with Crippen molar-refractivity contribution in [2.45, 2.75) is 25.9 Å². The van der Waals surface area contributed by atoms with Crippen molar-refractivity contribution in [1.29, 1.82) is 0 Å². The molecule has 1 aromatic rings. The molecule has 2 N–H and O–H groups in total. The Morgan fingerprint density at radius 1 is 1.58 bits per heavy atom. The lowest BCUT2D eigenvalue weighted by Crippen LogP contribution is -2.35. The highest BCUT2D eigenvalue weighted by molar-refractivity contribution is 5.73. The molecule has 104 valence electrons. The van der Waals surface area contributed by atoms with E-state index < -0.39 is 0 Å². The van der Waals surface area contributed by atoms with Crippen molar-refractivity contribution in [3.8, 4) is 11.5 Å². The first-order valence-corrected chi connectivity index (χ1v) is 6.44. The number of phenolic OH excluding ortho intramolecular Hbond substituents is 1. The number of carbonyl (C=O) groups excluding carboxylic acids is 1. The van der Waals surface area contributed by atoms with Crippen molar-refractivity contribution >= 4 is 5.91 Å². The van der Waals surface area contributed by atoms with Gasteiger partial charge < -0.3 is 15.2 Å². The summed E-state index contributed by atoms with van der Waals surface area (Å²) in [6, 6.07) is 5.56. The summed E-state index contributed by atoms with van der Waals surface area (Å²) in [4.78, 5) is 13.2. The summed E-state index contributed by atoms with van der Waals surface area (Å²) < 4.78 is 5.06. The molecule has 1 saturated heterocycles. The predicted octanol–water partition coefficient (Wildman–Crippen LogP) is 1.11. The van der Waals surface area contributed by atoms with Gasteiger partial charge >= 0.3 is 0 Å². The zero-order valence-electron chi connectivity index (χ0n) is 11.3. The van der Waals surface area contributed by atoms with E-state index in [2.05, 4.69) is 10.2 Å². The highest BCUT2D eigenvalue weighted by Gasteiger charge is 2.23. The van der Waals surface area contributed by atoms with E-state index in [1.807, 2.05) is 12.1 Å². The van der Waals surface area contributed by atoms with Crippen LogP contribution in [-0.2, 0) is 11.3 Å². The molecule has 0 radical (unpaired) electrons. The number of nitrogens with one attached hydrogen (secondary N) is 1. The number of nitrogens with zero attached hydrogens (tertiary/aromatic N) is 1. The second kappa shape index (κ2) is 5.93. The maximum absolute atomic E-state index is 11.0. The summed E-state index contributed by atoms with van der Waals surface area (Å²) in [7, 11) is 1.58. The normalized spacial score (nSPS) is 19.4. The molecule has 0 aliphatic carbocycles. The van der Waals surface area contributed by atoms with Crippen LogP contribution in [-0.4, -0.2) is 42.2 Å². The number of hydrogen-bond acceptors (Lipinski definition) is 4. The number of rotatable bonds is 4. The van der Waals surface area contributed by atoms with Gasteiger partial charge in [-0.1, -0.05) is 6.07 Å². The van der Waals surface area contributed by atoms with Gasteiger partial charge in [0.2, 0.25) is 5.91 Å². The van der Waals surface area contributed by atoms with Gasteiger partial charge in [-0.05, 0) is 12.5 Å². The molecule has 1 unspecified atom stereocenters. The largest absolute Gasteiger partial charge is 0.507 e. The maximum atomic E-state index is 11.0. The van der Waals surface area contributed by atoms with E-state index in [-0.39, 0.29) is 17.7 Å². The molecule has 2 rings (SSSR count). The minimum Gasteiger partial charge on any atom is -0.507 e. The number of methoxy groups -OCH3 is 1. The highest BCUT2D eigenvalue weighted by Crippen LogP contribution is 2.25. The summed E-state index contributed by atoms with van der Waals surface area (Å²) >= 11 is 0. The van der Waals surface area contributed by atoms with Gasteiger partial charge in [0.05, 0.1) is 7.11 Å². The van der Waals surface area contributed by atoms with Crippen LogP contribution in [0, 0.1) is 0 Å². The van der Waals surface area contributed by atoms with Crippen LogP contribution in [0.25, 0.3) is 0 Å². The number of hydrogen-bond donors (Lipinski definition) is 2. The smallest absolute Gasteiger partial charge is 0.217 e. The molecule has 1 atom stereocenters. The first-order valence-electron chi connectivity index (χ1n) is 6.44. The predicted molar refractivity (Wildman–Crippen MR) is 72.2 cm³/mol. The number of aromatic hydroxyl groups is 1. The Morgan fingerprint density at radius 3 is 3.00 bits per heavy atom. The van der Waals surface area contributed by atoms with E-state index in [0.29, 0.717) is 12.3 Å². The molecule has 19 heavy (non-hydrogen) atoms. The monoisotopic (exact) mass is 264 g/mol. The minimum absolute atomic E-state index is 0.0131. The first-order chi connectivity index (χ1) is 9.08. The quantitative estimate of drug-likeness (QED) is 0.855. The Balaban J connectivity index is 1.93. The van der Waals surface area contributed by atoms with Crippen molar-refractivity contribution in [2.75, 3.05) is 20.2 Å². The Bertz CT molecular complexity index is 462. The third-order valence-electron chi connectivity index (χ3n) is 3.37. The Kier molecular flexibility index (Phi) is 4.27. The van der Waals surface area contributed by atoms with Gasteiger partial charge in [-0.25, -0.2) is 0 Å². The fraction of sp³-hybridized carbons (Fsp3) is 0.500. The van der Waals surface area contributed by atoms with Gasteiger partial charge in [-0.2, -0.15) is 0 Å². The van der Waals surface area contributed by atoms with Gasteiger partial charge in [-0.15, -0.1) is 0 Å². The lowest BCUT2D eigenvalue weighted by atomic mass is 10.2. The standard InChI is InChI=1S/C14H20N2O3/c1-10(17)15-12-5-6-16(9-12)8-11-3-4-13(19-2)7-14(11)18/h3-4,7,12,18H,5-6,8-9H2,1-2H3,(H,15,17). The van der Waals surface area contributed by atoms with E-state index in [0.717, 1.165) is 25.1 Å². The molecule has 1 fully saturated rings. The van der Waals surface area contributed by atoms with Crippen molar-refractivity contribution in [1.82, 2.24) is 10.2 Å². The van der Waals surface area contributed by atoms with E-state index in [9.17, 15) is 9.90 Å². The highest BCUT2D eigenvalue weighted by atomic mass is 16.5. The maximum Gasteiger partial charge on any atom is 0.217 e. The van der Waals surface area contributed by atoms with Gasteiger partial charge in [0.15, 0.2) is 0 Å².